The molecule has 2 amide bonds. The molecule has 2 heterocycles. The van der Waals surface area contributed by atoms with Gasteiger partial charge in [0.25, 0.3) is 0 Å². The van der Waals surface area contributed by atoms with Gasteiger partial charge in [0.15, 0.2) is 0 Å². The molecule has 3 rings (SSSR count). The molecule has 25 heavy (non-hydrogen) atoms. The molecule has 0 bridgehead atoms. The molecule has 5 nitrogen and oxygen atoms in total. The normalized spacial score (nSPS) is 22.4. The Morgan fingerprint density at radius 3 is 2.40 bits per heavy atom. The lowest BCUT2D eigenvalue weighted by atomic mass is 9.91. The van der Waals surface area contributed by atoms with Crippen molar-refractivity contribution < 1.29 is 9.59 Å². The Kier molecular flexibility index (Phi) is 5.42. The number of hydrogen-bond donors (Lipinski definition) is 0. The Morgan fingerprint density at radius 2 is 1.76 bits per heavy atom. The van der Waals surface area contributed by atoms with Gasteiger partial charge in [-0.3, -0.25) is 9.59 Å². The van der Waals surface area contributed by atoms with Gasteiger partial charge in [0, 0.05) is 45.1 Å². The molecule has 0 aromatic heterocycles. The number of benzene rings is 1. The number of rotatable bonds is 3. The molecule has 2 aliphatic heterocycles. The zero-order valence-corrected chi connectivity index (χ0v) is 15.6. The maximum absolute atomic E-state index is 13.2. The van der Waals surface area contributed by atoms with Crippen LogP contribution in [0.1, 0.15) is 31.4 Å². The van der Waals surface area contributed by atoms with Crippen LogP contribution in [0.3, 0.4) is 0 Å². The molecular formula is C20H29N3O2. The summed E-state index contributed by atoms with van der Waals surface area (Å²) in [5.74, 6) is 0.164. The first-order valence-electron chi connectivity index (χ1n) is 9.35. The van der Waals surface area contributed by atoms with Gasteiger partial charge in [-0.25, -0.2) is 0 Å². The van der Waals surface area contributed by atoms with Crippen LogP contribution in [-0.2, 0) is 22.6 Å². The molecule has 2 atom stereocenters. The maximum Gasteiger partial charge on any atom is 0.245 e. The van der Waals surface area contributed by atoms with E-state index in [1.807, 2.05) is 35.8 Å². The summed E-state index contributed by atoms with van der Waals surface area (Å²) in [4.78, 5) is 32.2. The van der Waals surface area contributed by atoms with E-state index in [9.17, 15) is 9.59 Å². The summed E-state index contributed by atoms with van der Waals surface area (Å²) in [6, 6.07) is 7.82. The molecule has 0 spiro atoms. The fraction of sp³-hybridized carbons (Fsp3) is 0.600. The number of carbonyl (C=O) groups is 2. The van der Waals surface area contributed by atoms with Crippen molar-refractivity contribution in [1.82, 2.24) is 14.7 Å². The summed E-state index contributed by atoms with van der Waals surface area (Å²) in [6.07, 6.45) is 1.43. The lowest BCUT2D eigenvalue weighted by molar-refractivity contribution is -0.150. The zero-order valence-electron chi connectivity index (χ0n) is 15.6. The highest BCUT2D eigenvalue weighted by molar-refractivity contribution is 5.89. The number of nitrogens with zero attached hydrogens (tertiary/aromatic N) is 3. The topological polar surface area (TPSA) is 43.9 Å². The lowest BCUT2D eigenvalue weighted by Crippen LogP contribution is -2.57. The molecule has 1 aromatic rings. The van der Waals surface area contributed by atoms with Gasteiger partial charge in [0.05, 0.1) is 0 Å². The molecule has 2 aliphatic rings. The van der Waals surface area contributed by atoms with Crippen molar-refractivity contribution in [3.63, 3.8) is 0 Å². The summed E-state index contributed by atoms with van der Waals surface area (Å²) < 4.78 is 0. The molecule has 0 aliphatic carbocycles. The average Bonchev–Trinajstić information content (AvgIpc) is 2.65. The standard InChI is InChI=1S/C20H29N3O2/c1-4-15(2)19(24)23-14-17-8-6-5-7-16(17)13-18(23)20(25)22-11-9-21(3)10-12-22/h5-8,15,18H,4,9-14H2,1-3H3/t15-,18+/m1/s1. The third-order valence-electron chi connectivity index (χ3n) is 5.67. The number of fused-ring (bicyclic) bond motifs is 1. The smallest absolute Gasteiger partial charge is 0.245 e. The number of hydrogen-bond acceptors (Lipinski definition) is 3. The quantitative estimate of drug-likeness (QED) is 0.840. The second-order valence-corrected chi connectivity index (χ2v) is 7.39. The van der Waals surface area contributed by atoms with Gasteiger partial charge in [-0.05, 0) is 24.6 Å². The van der Waals surface area contributed by atoms with Crippen LogP contribution in [-0.4, -0.2) is 65.8 Å². The first kappa shape index (κ1) is 17.9. The Balaban J connectivity index is 1.85. The Labute approximate surface area is 150 Å². The summed E-state index contributed by atoms with van der Waals surface area (Å²) in [6.45, 7) is 7.82. The minimum Gasteiger partial charge on any atom is -0.338 e. The highest BCUT2D eigenvalue weighted by Gasteiger charge is 2.38. The van der Waals surface area contributed by atoms with E-state index in [2.05, 4.69) is 24.1 Å². The van der Waals surface area contributed by atoms with E-state index in [1.165, 1.54) is 11.1 Å². The SMILES string of the molecule is CC[C@@H](C)C(=O)N1Cc2ccccc2C[C@H]1C(=O)N1CCN(C)CC1. The monoisotopic (exact) mass is 343 g/mol. The third kappa shape index (κ3) is 3.71. The van der Waals surface area contributed by atoms with Crippen LogP contribution in [0.5, 0.6) is 0 Å². The largest absolute Gasteiger partial charge is 0.338 e. The van der Waals surface area contributed by atoms with Crippen LogP contribution >= 0.6 is 0 Å². The summed E-state index contributed by atoms with van der Waals surface area (Å²) in [5.41, 5.74) is 2.37. The van der Waals surface area contributed by atoms with E-state index < -0.39 is 0 Å². The van der Waals surface area contributed by atoms with E-state index in [1.54, 1.807) is 0 Å². The van der Waals surface area contributed by atoms with Crippen molar-refractivity contribution in [2.24, 2.45) is 5.92 Å². The predicted octanol–water partition coefficient (Wildman–Crippen LogP) is 1.76. The van der Waals surface area contributed by atoms with E-state index in [0.29, 0.717) is 13.0 Å². The Hall–Kier alpha value is -1.88. The zero-order chi connectivity index (χ0) is 18.0. The van der Waals surface area contributed by atoms with E-state index in [0.717, 1.165) is 32.6 Å². The van der Waals surface area contributed by atoms with Crippen molar-refractivity contribution in [3.05, 3.63) is 35.4 Å². The van der Waals surface area contributed by atoms with Gasteiger partial charge >= 0.3 is 0 Å². The second kappa shape index (κ2) is 7.56. The fourth-order valence-corrected chi connectivity index (χ4v) is 3.67. The highest BCUT2D eigenvalue weighted by atomic mass is 16.2. The van der Waals surface area contributed by atoms with Gasteiger partial charge in [0.1, 0.15) is 6.04 Å². The van der Waals surface area contributed by atoms with Gasteiger partial charge in [-0.15, -0.1) is 0 Å². The lowest BCUT2D eigenvalue weighted by Gasteiger charge is -2.41. The number of likely N-dealkylation sites (N-methyl/N-ethyl adjacent to an activating group) is 1. The van der Waals surface area contributed by atoms with E-state index >= 15 is 0 Å². The van der Waals surface area contributed by atoms with Crippen LogP contribution in [0.15, 0.2) is 24.3 Å². The maximum atomic E-state index is 13.2. The molecule has 1 aromatic carbocycles. The molecule has 0 N–H and O–H groups in total. The first-order chi connectivity index (χ1) is 12.0. The highest BCUT2D eigenvalue weighted by Crippen LogP contribution is 2.26. The molecule has 0 radical (unpaired) electrons. The molecule has 0 saturated carbocycles. The van der Waals surface area contributed by atoms with E-state index in [-0.39, 0.29) is 23.8 Å². The summed E-state index contributed by atoms with van der Waals surface area (Å²) in [5, 5.41) is 0. The summed E-state index contributed by atoms with van der Waals surface area (Å²) >= 11 is 0. The molecule has 0 unspecified atom stereocenters. The van der Waals surface area contributed by atoms with Crippen molar-refractivity contribution in [2.75, 3.05) is 33.2 Å². The van der Waals surface area contributed by atoms with Gasteiger partial charge in [0.2, 0.25) is 11.8 Å². The Morgan fingerprint density at radius 1 is 1.12 bits per heavy atom. The predicted molar refractivity (Wildman–Crippen MR) is 98.0 cm³/mol. The van der Waals surface area contributed by atoms with Crippen LogP contribution in [0, 0.1) is 5.92 Å². The van der Waals surface area contributed by atoms with Crippen LogP contribution in [0.4, 0.5) is 0 Å². The minimum atomic E-state index is -0.361. The van der Waals surface area contributed by atoms with Gasteiger partial charge in [-0.1, -0.05) is 38.1 Å². The van der Waals surface area contributed by atoms with Crippen LogP contribution in [0.2, 0.25) is 0 Å². The van der Waals surface area contributed by atoms with Crippen molar-refractivity contribution in [2.45, 2.75) is 39.3 Å². The molecular weight excluding hydrogens is 314 g/mol. The Bertz CT molecular complexity index is 638. The molecule has 136 valence electrons. The number of piperazine rings is 1. The second-order valence-electron chi connectivity index (χ2n) is 7.39. The van der Waals surface area contributed by atoms with Crippen LogP contribution in [0.25, 0.3) is 0 Å². The number of amides is 2. The molecule has 1 saturated heterocycles. The first-order valence-corrected chi connectivity index (χ1v) is 9.35. The third-order valence-corrected chi connectivity index (χ3v) is 5.67. The molecule has 1 fully saturated rings. The minimum absolute atomic E-state index is 0.0481. The van der Waals surface area contributed by atoms with Crippen molar-refractivity contribution in [3.8, 4) is 0 Å². The molecule has 5 heteroatoms. The number of carbonyl (C=O) groups excluding carboxylic acids is 2. The average molecular weight is 343 g/mol. The van der Waals surface area contributed by atoms with Crippen molar-refractivity contribution in [1.29, 1.82) is 0 Å². The van der Waals surface area contributed by atoms with Crippen molar-refractivity contribution >= 4 is 11.8 Å². The summed E-state index contributed by atoms with van der Waals surface area (Å²) in [7, 11) is 2.08. The van der Waals surface area contributed by atoms with Crippen LogP contribution < -0.4 is 0 Å². The van der Waals surface area contributed by atoms with Gasteiger partial charge < -0.3 is 14.7 Å². The fourth-order valence-electron chi connectivity index (χ4n) is 3.67. The van der Waals surface area contributed by atoms with Gasteiger partial charge in [-0.2, -0.15) is 0 Å². The van der Waals surface area contributed by atoms with E-state index in [4.69, 9.17) is 0 Å².